The van der Waals surface area contributed by atoms with Crippen molar-refractivity contribution < 1.29 is 5.11 Å². The Morgan fingerprint density at radius 2 is 1.70 bits per heavy atom. The normalized spacial score (nSPS) is 26.7. The SMILES string of the molecule is Cc1cc(C=NC2CCCCC2C)c(O)c(C2CCCCC2)c1. The average Bonchev–Trinajstić information content (AvgIpc) is 2.57. The van der Waals surface area contributed by atoms with Gasteiger partial charge in [-0.15, -0.1) is 0 Å². The smallest absolute Gasteiger partial charge is 0.127 e. The minimum atomic E-state index is 0.432. The first-order chi connectivity index (χ1) is 11.1. The fraction of sp³-hybridized carbons (Fsp3) is 0.667. The van der Waals surface area contributed by atoms with Crippen molar-refractivity contribution in [1.82, 2.24) is 0 Å². The second-order valence-corrected chi connectivity index (χ2v) is 7.73. The lowest BCUT2D eigenvalue weighted by Crippen LogP contribution is -2.20. The molecule has 0 bridgehead atoms. The highest BCUT2D eigenvalue weighted by Gasteiger charge is 2.22. The first-order valence-electron chi connectivity index (χ1n) is 9.52. The van der Waals surface area contributed by atoms with E-state index in [0.717, 1.165) is 11.1 Å². The number of phenols is 1. The van der Waals surface area contributed by atoms with Crippen molar-refractivity contribution in [1.29, 1.82) is 0 Å². The Labute approximate surface area is 141 Å². The molecule has 2 aliphatic carbocycles. The number of aromatic hydroxyl groups is 1. The first kappa shape index (κ1) is 16.5. The lowest BCUT2D eigenvalue weighted by atomic mass is 9.82. The van der Waals surface area contributed by atoms with Crippen LogP contribution in [0.25, 0.3) is 0 Å². The third-order valence-electron chi connectivity index (χ3n) is 5.83. The van der Waals surface area contributed by atoms with Crippen LogP contribution in [0.3, 0.4) is 0 Å². The van der Waals surface area contributed by atoms with Crippen LogP contribution in [0.5, 0.6) is 5.75 Å². The van der Waals surface area contributed by atoms with E-state index in [1.165, 1.54) is 63.4 Å². The number of hydrogen-bond donors (Lipinski definition) is 1. The van der Waals surface area contributed by atoms with Gasteiger partial charge in [-0.1, -0.05) is 45.1 Å². The van der Waals surface area contributed by atoms with E-state index in [9.17, 15) is 5.11 Å². The van der Waals surface area contributed by atoms with E-state index < -0.39 is 0 Å². The van der Waals surface area contributed by atoms with Crippen LogP contribution < -0.4 is 0 Å². The standard InChI is InChI=1S/C21H31NO/c1-15-12-18(14-22-20-11-7-6-8-16(20)2)21(23)19(13-15)17-9-4-3-5-10-17/h12-14,16-17,20,23H,3-11H2,1-2H3. The molecule has 1 aromatic carbocycles. The van der Waals surface area contributed by atoms with Gasteiger partial charge in [0.15, 0.2) is 0 Å². The van der Waals surface area contributed by atoms with Gasteiger partial charge in [-0.05, 0) is 61.6 Å². The van der Waals surface area contributed by atoms with Crippen molar-refractivity contribution in [3.05, 3.63) is 28.8 Å². The number of aliphatic imine (C=N–C) groups is 1. The Hall–Kier alpha value is -1.31. The number of nitrogens with zero attached hydrogens (tertiary/aromatic N) is 1. The number of hydrogen-bond acceptors (Lipinski definition) is 2. The fourth-order valence-corrected chi connectivity index (χ4v) is 4.35. The van der Waals surface area contributed by atoms with Crippen LogP contribution in [0, 0.1) is 12.8 Å². The number of phenolic OH excluding ortho intramolecular Hbond substituents is 1. The molecule has 0 heterocycles. The van der Waals surface area contributed by atoms with Gasteiger partial charge in [0, 0.05) is 11.8 Å². The third kappa shape index (κ3) is 3.97. The van der Waals surface area contributed by atoms with Crippen molar-refractivity contribution in [3.8, 4) is 5.75 Å². The maximum Gasteiger partial charge on any atom is 0.127 e. The second-order valence-electron chi connectivity index (χ2n) is 7.73. The lowest BCUT2D eigenvalue weighted by Gasteiger charge is -2.25. The van der Waals surface area contributed by atoms with Crippen LogP contribution in [-0.4, -0.2) is 17.4 Å². The van der Waals surface area contributed by atoms with Gasteiger partial charge in [-0.25, -0.2) is 0 Å². The van der Waals surface area contributed by atoms with Crippen molar-refractivity contribution in [2.24, 2.45) is 10.9 Å². The molecule has 2 unspecified atom stereocenters. The van der Waals surface area contributed by atoms with Gasteiger partial charge >= 0.3 is 0 Å². The molecular formula is C21H31NO. The number of benzene rings is 1. The maximum atomic E-state index is 10.8. The van der Waals surface area contributed by atoms with Gasteiger partial charge in [0.25, 0.3) is 0 Å². The van der Waals surface area contributed by atoms with Crippen LogP contribution in [0.1, 0.15) is 87.3 Å². The van der Waals surface area contributed by atoms with E-state index in [-0.39, 0.29) is 0 Å². The Balaban J connectivity index is 1.82. The van der Waals surface area contributed by atoms with E-state index in [1.54, 1.807) is 0 Å². The Morgan fingerprint density at radius 1 is 1.00 bits per heavy atom. The summed E-state index contributed by atoms with van der Waals surface area (Å²) in [6.07, 6.45) is 13.4. The molecule has 2 aliphatic rings. The predicted molar refractivity (Wildman–Crippen MR) is 97.7 cm³/mol. The topological polar surface area (TPSA) is 32.6 Å². The van der Waals surface area contributed by atoms with E-state index in [2.05, 4.69) is 26.0 Å². The van der Waals surface area contributed by atoms with Crippen LogP contribution in [-0.2, 0) is 0 Å². The zero-order valence-electron chi connectivity index (χ0n) is 14.7. The molecule has 2 saturated carbocycles. The summed E-state index contributed by atoms with van der Waals surface area (Å²) in [6.45, 7) is 4.44. The summed E-state index contributed by atoms with van der Waals surface area (Å²) in [5.74, 6) is 1.68. The summed E-state index contributed by atoms with van der Waals surface area (Å²) in [6, 6.07) is 4.70. The quantitative estimate of drug-likeness (QED) is 0.708. The van der Waals surface area contributed by atoms with Crippen molar-refractivity contribution in [2.75, 3.05) is 0 Å². The molecule has 2 fully saturated rings. The summed E-state index contributed by atoms with van der Waals surface area (Å²) < 4.78 is 0. The lowest BCUT2D eigenvalue weighted by molar-refractivity contribution is 0.333. The molecule has 3 rings (SSSR count). The number of aryl methyl sites for hydroxylation is 1. The molecular weight excluding hydrogens is 282 g/mol. The van der Waals surface area contributed by atoms with Crippen molar-refractivity contribution in [3.63, 3.8) is 0 Å². The minimum Gasteiger partial charge on any atom is -0.507 e. The molecule has 1 aromatic rings. The molecule has 2 heteroatoms. The van der Waals surface area contributed by atoms with Crippen LogP contribution in [0.2, 0.25) is 0 Å². The Bertz CT molecular complexity index is 557. The molecule has 0 amide bonds. The van der Waals surface area contributed by atoms with E-state index in [0.29, 0.717) is 23.6 Å². The van der Waals surface area contributed by atoms with Crippen molar-refractivity contribution in [2.45, 2.75) is 83.6 Å². The van der Waals surface area contributed by atoms with Gasteiger partial charge in [0.2, 0.25) is 0 Å². The summed E-state index contributed by atoms with van der Waals surface area (Å²) >= 11 is 0. The molecule has 2 nitrogen and oxygen atoms in total. The largest absolute Gasteiger partial charge is 0.507 e. The van der Waals surface area contributed by atoms with Crippen molar-refractivity contribution >= 4 is 6.21 Å². The Morgan fingerprint density at radius 3 is 2.43 bits per heavy atom. The molecule has 23 heavy (non-hydrogen) atoms. The third-order valence-corrected chi connectivity index (χ3v) is 5.83. The summed E-state index contributed by atoms with van der Waals surface area (Å²) in [4.78, 5) is 4.84. The van der Waals surface area contributed by atoms with Gasteiger partial charge in [-0.3, -0.25) is 4.99 Å². The molecule has 0 aromatic heterocycles. The molecule has 0 aliphatic heterocycles. The van der Waals surface area contributed by atoms with Crippen LogP contribution >= 0.6 is 0 Å². The zero-order chi connectivity index (χ0) is 16.2. The summed E-state index contributed by atoms with van der Waals surface area (Å²) in [5.41, 5.74) is 3.31. The minimum absolute atomic E-state index is 0.432. The van der Waals surface area contributed by atoms with E-state index >= 15 is 0 Å². The average molecular weight is 313 g/mol. The van der Waals surface area contributed by atoms with Crippen LogP contribution in [0.15, 0.2) is 17.1 Å². The highest BCUT2D eigenvalue weighted by molar-refractivity contribution is 5.84. The second kappa shape index (κ2) is 7.51. The van der Waals surface area contributed by atoms with Gasteiger partial charge in [0.1, 0.15) is 5.75 Å². The Kier molecular flexibility index (Phi) is 5.40. The molecule has 2 atom stereocenters. The maximum absolute atomic E-state index is 10.8. The summed E-state index contributed by atoms with van der Waals surface area (Å²) in [7, 11) is 0. The fourth-order valence-electron chi connectivity index (χ4n) is 4.35. The summed E-state index contributed by atoms with van der Waals surface area (Å²) in [5, 5.41) is 10.8. The van der Waals surface area contributed by atoms with Gasteiger partial charge in [-0.2, -0.15) is 0 Å². The van der Waals surface area contributed by atoms with Gasteiger partial charge < -0.3 is 5.11 Å². The molecule has 1 N–H and O–H groups in total. The van der Waals surface area contributed by atoms with Gasteiger partial charge in [0.05, 0.1) is 6.04 Å². The molecule has 126 valence electrons. The highest BCUT2D eigenvalue weighted by atomic mass is 16.3. The molecule has 0 radical (unpaired) electrons. The van der Waals surface area contributed by atoms with E-state index in [1.807, 2.05) is 6.21 Å². The molecule has 0 spiro atoms. The predicted octanol–water partition coefficient (Wildman–Crippen LogP) is 5.75. The van der Waals surface area contributed by atoms with Crippen LogP contribution in [0.4, 0.5) is 0 Å². The zero-order valence-corrected chi connectivity index (χ0v) is 14.7. The first-order valence-corrected chi connectivity index (χ1v) is 9.52. The highest BCUT2D eigenvalue weighted by Crippen LogP contribution is 2.39. The molecule has 0 saturated heterocycles. The van der Waals surface area contributed by atoms with E-state index in [4.69, 9.17) is 4.99 Å². The number of rotatable bonds is 3. The monoisotopic (exact) mass is 313 g/mol.